The average Bonchev–Trinajstić information content (AvgIpc) is 2.71. The minimum Gasteiger partial charge on any atom is -0.489 e. The molecule has 1 aliphatic carbocycles. The van der Waals surface area contributed by atoms with Gasteiger partial charge in [0.25, 0.3) is 0 Å². The lowest BCUT2D eigenvalue weighted by Crippen LogP contribution is -2.10. The highest BCUT2D eigenvalue weighted by Crippen LogP contribution is 2.27. The van der Waals surface area contributed by atoms with Crippen LogP contribution in [0.5, 0.6) is 5.75 Å². The molecule has 0 amide bonds. The first-order valence-electron chi connectivity index (χ1n) is 7.03. The Morgan fingerprint density at radius 2 is 2.19 bits per heavy atom. The number of hydrogen-bond donors (Lipinski definition) is 0. The molecule has 0 unspecified atom stereocenters. The molecule has 0 radical (unpaired) electrons. The number of nitrogens with zero attached hydrogens (tertiary/aromatic N) is 2. The zero-order chi connectivity index (χ0) is 15.0. The minimum absolute atomic E-state index is 0.206. The molecule has 0 N–H and O–H groups in total. The van der Waals surface area contributed by atoms with Crippen molar-refractivity contribution in [3.8, 4) is 5.75 Å². The molecule has 0 saturated carbocycles. The molecule has 0 atom stereocenters. The predicted octanol–water partition coefficient (Wildman–Crippen LogP) is 3.48. The van der Waals surface area contributed by atoms with E-state index < -0.39 is 0 Å². The number of rotatable bonds is 3. The lowest BCUT2D eigenvalue weighted by Gasteiger charge is -2.16. The molecule has 0 fully saturated rings. The lowest BCUT2D eigenvalue weighted by molar-refractivity contribution is 0.0972. The quantitative estimate of drug-likeness (QED) is 0.872. The number of benzene rings is 1. The summed E-state index contributed by atoms with van der Waals surface area (Å²) in [6.07, 6.45) is 2.54. The maximum Gasteiger partial charge on any atom is 0.163 e. The van der Waals surface area contributed by atoms with Gasteiger partial charge in [0.05, 0.1) is 5.69 Å². The SMILES string of the molecule is Cc1nn(C)c(Cl)c1COc1ccc2c(c1)C(=O)CCC2. The number of halogens is 1. The summed E-state index contributed by atoms with van der Waals surface area (Å²) in [5, 5.41) is 4.84. The van der Waals surface area contributed by atoms with Crippen molar-refractivity contribution < 1.29 is 9.53 Å². The second-order valence-corrected chi connectivity index (χ2v) is 5.72. The fourth-order valence-electron chi connectivity index (χ4n) is 2.69. The molecular weight excluding hydrogens is 288 g/mol. The Hall–Kier alpha value is -1.81. The van der Waals surface area contributed by atoms with Crippen molar-refractivity contribution in [1.82, 2.24) is 9.78 Å². The zero-order valence-electron chi connectivity index (χ0n) is 12.1. The molecule has 0 spiro atoms. The average molecular weight is 305 g/mol. The summed E-state index contributed by atoms with van der Waals surface area (Å²) < 4.78 is 7.42. The van der Waals surface area contributed by atoms with E-state index in [4.69, 9.17) is 16.3 Å². The molecule has 0 aliphatic heterocycles. The first-order chi connectivity index (χ1) is 10.1. The van der Waals surface area contributed by atoms with Gasteiger partial charge in [-0.3, -0.25) is 9.48 Å². The Balaban J connectivity index is 1.80. The van der Waals surface area contributed by atoms with E-state index in [1.165, 1.54) is 0 Å². The van der Waals surface area contributed by atoms with E-state index in [1.54, 1.807) is 11.7 Å². The molecule has 4 nitrogen and oxygen atoms in total. The van der Waals surface area contributed by atoms with Crippen LogP contribution in [0, 0.1) is 6.92 Å². The standard InChI is InChI=1S/C16H17ClN2O2/c1-10-14(16(17)19(2)18-10)9-21-12-7-6-11-4-3-5-15(20)13(11)8-12/h6-8H,3-5,9H2,1-2H3. The van der Waals surface area contributed by atoms with Gasteiger partial charge in [-0.15, -0.1) is 0 Å². The Morgan fingerprint density at radius 3 is 2.90 bits per heavy atom. The van der Waals surface area contributed by atoms with E-state index in [1.807, 2.05) is 25.1 Å². The Kier molecular flexibility index (Phi) is 3.72. The maximum absolute atomic E-state index is 11.9. The van der Waals surface area contributed by atoms with Crippen LogP contribution in [0.3, 0.4) is 0 Å². The van der Waals surface area contributed by atoms with E-state index in [2.05, 4.69) is 5.10 Å². The number of carbonyl (C=O) groups excluding carboxylic acids is 1. The molecule has 3 rings (SSSR count). The van der Waals surface area contributed by atoms with Crippen LogP contribution in [0.15, 0.2) is 18.2 Å². The van der Waals surface area contributed by atoms with Gasteiger partial charge in [-0.2, -0.15) is 5.10 Å². The highest BCUT2D eigenvalue weighted by molar-refractivity contribution is 6.30. The van der Waals surface area contributed by atoms with Gasteiger partial charge < -0.3 is 4.74 Å². The maximum atomic E-state index is 11.9. The molecule has 21 heavy (non-hydrogen) atoms. The van der Waals surface area contributed by atoms with E-state index in [0.29, 0.717) is 23.9 Å². The predicted molar refractivity (Wildman–Crippen MR) is 81.0 cm³/mol. The first-order valence-corrected chi connectivity index (χ1v) is 7.41. The third-order valence-corrected chi connectivity index (χ3v) is 4.36. The van der Waals surface area contributed by atoms with E-state index >= 15 is 0 Å². The Bertz CT molecular complexity index is 707. The van der Waals surface area contributed by atoms with E-state index in [-0.39, 0.29) is 5.78 Å². The molecule has 0 bridgehead atoms. The number of aromatic nitrogens is 2. The third kappa shape index (κ3) is 2.68. The summed E-state index contributed by atoms with van der Waals surface area (Å²) in [5.41, 5.74) is 3.65. The molecule has 1 aromatic carbocycles. The topological polar surface area (TPSA) is 44.1 Å². The summed E-state index contributed by atoms with van der Waals surface area (Å²) >= 11 is 6.19. The van der Waals surface area contributed by atoms with Crippen LogP contribution in [0.2, 0.25) is 5.15 Å². The minimum atomic E-state index is 0.206. The smallest absolute Gasteiger partial charge is 0.163 e. The molecule has 1 aromatic heterocycles. The van der Waals surface area contributed by atoms with Crippen molar-refractivity contribution in [3.63, 3.8) is 0 Å². The van der Waals surface area contributed by atoms with Gasteiger partial charge >= 0.3 is 0 Å². The van der Waals surface area contributed by atoms with Crippen molar-refractivity contribution in [1.29, 1.82) is 0 Å². The van der Waals surface area contributed by atoms with Gasteiger partial charge in [0, 0.05) is 24.6 Å². The highest BCUT2D eigenvalue weighted by Gasteiger charge is 2.18. The molecule has 1 heterocycles. The van der Waals surface area contributed by atoms with Crippen LogP contribution < -0.4 is 4.74 Å². The zero-order valence-corrected chi connectivity index (χ0v) is 12.9. The van der Waals surface area contributed by atoms with Gasteiger partial charge in [0.1, 0.15) is 17.5 Å². The largest absolute Gasteiger partial charge is 0.489 e. The molecule has 110 valence electrons. The number of hydrogen-bond acceptors (Lipinski definition) is 3. The number of Topliss-reactive ketones (excluding diaryl/α,β-unsaturated/α-hetero) is 1. The fourth-order valence-corrected chi connectivity index (χ4v) is 2.92. The summed E-state index contributed by atoms with van der Waals surface area (Å²) in [5.74, 6) is 0.903. The van der Waals surface area contributed by atoms with Crippen molar-refractivity contribution in [3.05, 3.63) is 45.7 Å². The fraction of sp³-hybridized carbons (Fsp3) is 0.375. The van der Waals surface area contributed by atoms with Crippen molar-refractivity contribution >= 4 is 17.4 Å². The van der Waals surface area contributed by atoms with Crippen LogP contribution in [0.25, 0.3) is 0 Å². The number of ketones is 1. The van der Waals surface area contributed by atoms with Crippen LogP contribution in [-0.4, -0.2) is 15.6 Å². The summed E-state index contributed by atoms with van der Waals surface area (Å²) in [6.45, 7) is 2.26. The second kappa shape index (κ2) is 5.53. The van der Waals surface area contributed by atoms with E-state index in [0.717, 1.165) is 35.2 Å². The third-order valence-electron chi connectivity index (χ3n) is 3.88. The van der Waals surface area contributed by atoms with Crippen molar-refractivity contribution in [2.75, 3.05) is 0 Å². The first kappa shape index (κ1) is 14.1. The van der Waals surface area contributed by atoms with Crippen LogP contribution in [0.1, 0.15) is 40.0 Å². The molecule has 0 saturated heterocycles. The molecule has 5 heteroatoms. The van der Waals surface area contributed by atoms with Crippen molar-refractivity contribution in [2.24, 2.45) is 7.05 Å². The number of fused-ring (bicyclic) bond motifs is 1. The van der Waals surface area contributed by atoms with Crippen LogP contribution in [0.4, 0.5) is 0 Å². The summed E-state index contributed by atoms with van der Waals surface area (Å²) in [7, 11) is 1.80. The van der Waals surface area contributed by atoms with Gasteiger partial charge in [-0.1, -0.05) is 17.7 Å². The Labute approximate surface area is 128 Å². The second-order valence-electron chi connectivity index (χ2n) is 5.36. The summed E-state index contributed by atoms with van der Waals surface area (Å²) in [4.78, 5) is 11.9. The summed E-state index contributed by atoms with van der Waals surface area (Å²) in [6, 6.07) is 5.74. The van der Waals surface area contributed by atoms with E-state index in [9.17, 15) is 4.79 Å². The molecule has 2 aromatic rings. The van der Waals surface area contributed by atoms with Crippen molar-refractivity contribution in [2.45, 2.75) is 32.8 Å². The Morgan fingerprint density at radius 1 is 1.38 bits per heavy atom. The van der Waals surface area contributed by atoms with Gasteiger partial charge in [-0.25, -0.2) is 0 Å². The molecule has 1 aliphatic rings. The normalized spacial score (nSPS) is 14.1. The number of aryl methyl sites for hydroxylation is 3. The highest BCUT2D eigenvalue weighted by atomic mass is 35.5. The van der Waals surface area contributed by atoms with Crippen LogP contribution >= 0.6 is 11.6 Å². The van der Waals surface area contributed by atoms with Crippen LogP contribution in [-0.2, 0) is 20.1 Å². The lowest BCUT2D eigenvalue weighted by atomic mass is 9.90. The number of carbonyl (C=O) groups is 1. The monoisotopic (exact) mass is 304 g/mol. The molecular formula is C16H17ClN2O2. The van der Waals surface area contributed by atoms with Gasteiger partial charge in [0.2, 0.25) is 0 Å². The van der Waals surface area contributed by atoms with Gasteiger partial charge in [-0.05, 0) is 37.5 Å². The van der Waals surface area contributed by atoms with Gasteiger partial charge in [0.15, 0.2) is 5.78 Å². The number of ether oxygens (including phenoxy) is 1.